The van der Waals surface area contributed by atoms with E-state index in [4.69, 9.17) is 0 Å². The maximum absolute atomic E-state index is 12.2. The Hall–Kier alpha value is -0.700. The highest BCUT2D eigenvalue weighted by molar-refractivity contribution is 7.86. The van der Waals surface area contributed by atoms with Crippen LogP contribution in [0.25, 0.3) is 0 Å². The standard InChI is InChI=1S/C10H21N3O4S/c1-9-8-13(7-5-11-9)18(15,16)12(2)6-4-10(14)17-3/h9,11H,4-8H2,1-3H3. The number of carbonyl (C=O) groups excluding carboxylic acids is 1. The van der Waals surface area contributed by atoms with Crippen molar-refractivity contribution in [1.82, 2.24) is 13.9 Å². The monoisotopic (exact) mass is 279 g/mol. The minimum absolute atomic E-state index is 0.0634. The van der Waals surface area contributed by atoms with Crippen LogP contribution >= 0.6 is 0 Å². The Morgan fingerprint density at radius 1 is 1.56 bits per heavy atom. The lowest BCUT2D eigenvalue weighted by Gasteiger charge is -2.33. The van der Waals surface area contributed by atoms with Crippen LogP contribution in [-0.4, -0.2) is 69.4 Å². The van der Waals surface area contributed by atoms with Gasteiger partial charge in [-0.1, -0.05) is 0 Å². The molecule has 1 aliphatic rings. The fourth-order valence-electron chi connectivity index (χ4n) is 1.77. The van der Waals surface area contributed by atoms with E-state index in [9.17, 15) is 13.2 Å². The molecule has 0 aromatic carbocycles. The average Bonchev–Trinajstić information content (AvgIpc) is 2.35. The lowest BCUT2D eigenvalue weighted by atomic mass is 10.3. The van der Waals surface area contributed by atoms with E-state index >= 15 is 0 Å². The van der Waals surface area contributed by atoms with Crippen LogP contribution in [0.5, 0.6) is 0 Å². The third-order valence-electron chi connectivity index (χ3n) is 2.91. The van der Waals surface area contributed by atoms with Gasteiger partial charge in [0, 0.05) is 39.3 Å². The molecule has 1 N–H and O–H groups in total. The van der Waals surface area contributed by atoms with Crippen LogP contribution in [0.3, 0.4) is 0 Å². The second kappa shape index (κ2) is 6.46. The molecule has 1 aliphatic heterocycles. The molecule has 1 heterocycles. The molecule has 7 nitrogen and oxygen atoms in total. The fourth-order valence-corrected chi connectivity index (χ4v) is 3.22. The number of hydrogen-bond donors (Lipinski definition) is 1. The van der Waals surface area contributed by atoms with Gasteiger partial charge >= 0.3 is 5.97 Å². The van der Waals surface area contributed by atoms with E-state index in [2.05, 4.69) is 10.1 Å². The first-order chi connectivity index (χ1) is 8.37. The molecule has 1 unspecified atom stereocenters. The number of nitrogens with zero attached hydrogens (tertiary/aromatic N) is 2. The largest absolute Gasteiger partial charge is 0.469 e. The first-order valence-corrected chi connectivity index (χ1v) is 7.29. The Labute approximate surface area is 108 Å². The number of hydrogen-bond acceptors (Lipinski definition) is 5. The summed E-state index contributed by atoms with van der Waals surface area (Å²) in [5.74, 6) is -0.411. The average molecular weight is 279 g/mol. The van der Waals surface area contributed by atoms with Gasteiger partial charge < -0.3 is 10.1 Å². The van der Waals surface area contributed by atoms with Crippen LogP contribution in [0.2, 0.25) is 0 Å². The smallest absolute Gasteiger partial charge is 0.306 e. The molecule has 0 aromatic heterocycles. The minimum Gasteiger partial charge on any atom is -0.469 e. The first-order valence-electron chi connectivity index (χ1n) is 5.89. The van der Waals surface area contributed by atoms with Gasteiger partial charge in [-0.05, 0) is 6.92 Å². The number of piperazine rings is 1. The van der Waals surface area contributed by atoms with E-state index in [1.165, 1.54) is 22.8 Å². The van der Waals surface area contributed by atoms with Crippen molar-refractivity contribution in [3.8, 4) is 0 Å². The molecular weight excluding hydrogens is 258 g/mol. The van der Waals surface area contributed by atoms with Crippen molar-refractivity contribution in [2.75, 3.05) is 40.3 Å². The van der Waals surface area contributed by atoms with Gasteiger partial charge in [-0.15, -0.1) is 0 Å². The lowest BCUT2D eigenvalue weighted by Crippen LogP contribution is -2.54. The summed E-state index contributed by atoms with van der Waals surface area (Å²) in [6.45, 7) is 3.62. The first kappa shape index (κ1) is 15.4. The maximum Gasteiger partial charge on any atom is 0.306 e. The Balaban J connectivity index is 2.58. The Bertz CT molecular complexity index is 385. The van der Waals surface area contributed by atoms with Gasteiger partial charge in [-0.2, -0.15) is 17.0 Å². The van der Waals surface area contributed by atoms with Crippen LogP contribution in [0.4, 0.5) is 0 Å². The zero-order valence-corrected chi connectivity index (χ0v) is 11.9. The van der Waals surface area contributed by atoms with Crippen LogP contribution in [-0.2, 0) is 19.7 Å². The molecule has 1 rings (SSSR count). The van der Waals surface area contributed by atoms with Crippen LogP contribution in [0.1, 0.15) is 13.3 Å². The zero-order valence-electron chi connectivity index (χ0n) is 11.0. The molecule has 0 aromatic rings. The van der Waals surface area contributed by atoms with Crippen molar-refractivity contribution in [3.63, 3.8) is 0 Å². The molecule has 1 atom stereocenters. The van der Waals surface area contributed by atoms with Crippen LogP contribution in [0.15, 0.2) is 0 Å². The molecule has 1 saturated heterocycles. The molecule has 1 fully saturated rings. The third kappa shape index (κ3) is 3.91. The van der Waals surface area contributed by atoms with Crippen molar-refractivity contribution in [2.24, 2.45) is 0 Å². The number of carbonyl (C=O) groups is 1. The number of methoxy groups -OCH3 is 1. The lowest BCUT2D eigenvalue weighted by molar-refractivity contribution is -0.140. The van der Waals surface area contributed by atoms with Crippen molar-refractivity contribution < 1.29 is 17.9 Å². The van der Waals surface area contributed by atoms with E-state index < -0.39 is 16.2 Å². The summed E-state index contributed by atoms with van der Waals surface area (Å²) >= 11 is 0. The number of esters is 1. The zero-order chi connectivity index (χ0) is 13.8. The molecule has 0 radical (unpaired) electrons. The van der Waals surface area contributed by atoms with Gasteiger partial charge in [0.2, 0.25) is 0 Å². The van der Waals surface area contributed by atoms with Crippen molar-refractivity contribution in [1.29, 1.82) is 0 Å². The van der Waals surface area contributed by atoms with Gasteiger partial charge in [0.15, 0.2) is 0 Å². The maximum atomic E-state index is 12.2. The van der Waals surface area contributed by atoms with E-state index in [1.54, 1.807) is 0 Å². The Kier molecular flexibility index (Phi) is 5.51. The SMILES string of the molecule is COC(=O)CCN(C)S(=O)(=O)N1CCNC(C)C1. The number of rotatable bonds is 5. The molecule has 0 spiro atoms. The quantitative estimate of drug-likeness (QED) is 0.654. The topological polar surface area (TPSA) is 79.0 Å². The highest BCUT2D eigenvalue weighted by Crippen LogP contribution is 2.10. The molecule has 8 heteroatoms. The summed E-state index contributed by atoms with van der Waals surface area (Å²) in [5.41, 5.74) is 0. The Morgan fingerprint density at radius 3 is 2.78 bits per heavy atom. The van der Waals surface area contributed by atoms with Gasteiger partial charge in [0.1, 0.15) is 0 Å². The van der Waals surface area contributed by atoms with Gasteiger partial charge in [-0.3, -0.25) is 4.79 Å². The Morgan fingerprint density at radius 2 is 2.22 bits per heavy atom. The molecule has 0 saturated carbocycles. The fraction of sp³-hybridized carbons (Fsp3) is 0.900. The second-order valence-corrected chi connectivity index (χ2v) is 6.40. The second-order valence-electron chi connectivity index (χ2n) is 4.37. The van der Waals surface area contributed by atoms with Crippen molar-refractivity contribution in [3.05, 3.63) is 0 Å². The number of nitrogens with one attached hydrogen (secondary N) is 1. The van der Waals surface area contributed by atoms with Crippen LogP contribution < -0.4 is 5.32 Å². The van der Waals surface area contributed by atoms with E-state index in [0.29, 0.717) is 19.6 Å². The predicted molar refractivity (Wildman–Crippen MR) is 67.2 cm³/mol. The molecule has 106 valence electrons. The normalized spacial score (nSPS) is 22.1. The summed E-state index contributed by atoms with van der Waals surface area (Å²) in [7, 11) is -0.716. The third-order valence-corrected chi connectivity index (χ3v) is 4.86. The van der Waals surface area contributed by atoms with E-state index in [-0.39, 0.29) is 19.0 Å². The summed E-state index contributed by atoms with van der Waals surface area (Å²) in [5, 5.41) is 3.18. The summed E-state index contributed by atoms with van der Waals surface area (Å²) in [6, 6.07) is 0.141. The molecule has 18 heavy (non-hydrogen) atoms. The van der Waals surface area contributed by atoms with Gasteiger partial charge in [0.05, 0.1) is 13.5 Å². The van der Waals surface area contributed by atoms with Gasteiger partial charge in [-0.25, -0.2) is 0 Å². The highest BCUT2D eigenvalue weighted by atomic mass is 32.2. The molecule has 0 aliphatic carbocycles. The minimum atomic E-state index is -3.48. The summed E-state index contributed by atoms with van der Waals surface area (Å²) in [4.78, 5) is 11.0. The van der Waals surface area contributed by atoms with Gasteiger partial charge in [0.25, 0.3) is 10.2 Å². The molecule has 0 bridgehead atoms. The molecule has 0 amide bonds. The van der Waals surface area contributed by atoms with Crippen molar-refractivity contribution in [2.45, 2.75) is 19.4 Å². The summed E-state index contributed by atoms with van der Waals surface area (Å²) < 4.78 is 31.5. The van der Waals surface area contributed by atoms with Crippen LogP contribution in [0, 0.1) is 0 Å². The van der Waals surface area contributed by atoms with E-state index in [0.717, 1.165) is 0 Å². The van der Waals surface area contributed by atoms with Crippen molar-refractivity contribution >= 4 is 16.2 Å². The molecular formula is C10H21N3O4S. The summed E-state index contributed by atoms with van der Waals surface area (Å²) in [6.07, 6.45) is 0.0634. The number of ether oxygens (including phenoxy) is 1. The highest BCUT2D eigenvalue weighted by Gasteiger charge is 2.30. The predicted octanol–water partition coefficient (Wildman–Crippen LogP) is -0.980. The van der Waals surface area contributed by atoms with E-state index in [1.807, 2.05) is 6.92 Å².